The quantitative estimate of drug-likeness (QED) is 0.435. The third-order valence-corrected chi connectivity index (χ3v) is 4.97. The number of ketones is 1. The Morgan fingerprint density at radius 3 is 2.00 bits per heavy atom. The van der Waals surface area contributed by atoms with Gasteiger partial charge in [-0.2, -0.15) is 0 Å². The highest BCUT2D eigenvalue weighted by atomic mass is 16.5. The molecule has 1 amide bonds. The number of Topliss-reactive ketones (excluding diaryl/α,β-unsaturated/α-hetero) is 1. The molecule has 3 aromatic rings. The predicted molar refractivity (Wildman–Crippen MR) is 120 cm³/mol. The summed E-state index contributed by atoms with van der Waals surface area (Å²) in [5.41, 5.74) is 4.10. The normalized spacial score (nSPS) is 11.4. The van der Waals surface area contributed by atoms with E-state index in [1.165, 1.54) is 6.92 Å². The van der Waals surface area contributed by atoms with Gasteiger partial charge in [-0.25, -0.2) is 0 Å². The maximum atomic E-state index is 12.4. The lowest BCUT2D eigenvalue weighted by Gasteiger charge is -2.13. The number of hydrogen-bond acceptors (Lipinski definition) is 4. The van der Waals surface area contributed by atoms with Gasteiger partial charge in [0, 0.05) is 11.1 Å². The molecule has 3 aromatic carbocycles. The molecule has 0 aliphatic heterocycles. The van der Waals surface area contributed by atoms with E-state index in [9.17, 15) is 14.4 Å². The van der Waals surface area contributed by atoms with Gasteiger partial charge < -0.3 is 10.1 Å². The molecule has 158 valence electrons. The highest BCUT2D eigenvalue weighted by Gasteiger charge is 2.20. The van der Waals surface area contributed by atoms with Crippen molar-refractivity contribution in [3.8, 4) is 11.1 Å². The summed E-state index contributed by atoms with van der Waals surface area (Å²) in [4.78, 5) is 36.8. The van der Waals surface area contributed by atoms with Gasteiger partial charge in [-0.15, -0.1) is 0 Å². The van der Waals surface area contributed by atoms with Crippen molar-refractivity contribution in [3.05, 3.63) is 95.6 Å². The molecule has 5 nitrogen and oxygen atoms in total. The fourth-order valence-corrected chi connectivity index (χ4v) is 3.13. The zero-order chi connectivity index (χ0) is 22.2. The lowest BCUT2D eigenvalue weighted by Crippen LogP contribution is -2.34. The Labute approximate surface area is 182 Å². The van der Waals surface area contributed by atoms with E-state index in [0.29, 0.717) is 11.1 Å². The van der Waals surface area contributed by atoms with Crippen LogP contribution in [0.4, 0.5) is 0 Å². The van der Waals surface area contributed by atoms with Crippen molar-refractivity contribution in [1.29, 1.82) is 0 Å². The first kappa shape index (κ1) is 22.0. The molecule has 0 fully saturated rings. The molecule has 0 heterocycles. The van der Waals surface area contributed by atoms with Gasteiger partial charge in [0.1, 0.15) is 6.54 Å². The van der Waals surface area contributed by atoms with Gasteiger partial charge >= 0.3 is 5.97 Å². The van der Waals surface area contributed by atoms with Gasteiger partial charge in [0.15, 0.2) is 6.10 Å². The number of amides is 1. The average molecular weight is 415 g/mol. The molecular formula is C26H25NO4. The molecule has 0 aliphatic carbocycles. The molecule has 5 heteroatoms. The van der Waals surface area contributed by atoms with E-state index in [0.717, 1.165) is 23.1 Å². The fourth-order valence-electron chi connectivity index (χ4n) is 3.13. The van der Waals surface area contributed by atoms with Crippen molar-refractivity contribution in [2.24, 2.45) is 0 Å². The van der Waals surface area contributed by atoms with E-state index in [1.807, 2.05) is 61.5 Å². The average Bonchev–Trinajstić information content (AvgIpc) is 2.82. The van der Waals surface area contributed by atoms with Gasteiger partial charge in [-0.1, -0.05) is 73.7 Å². The van der Waals surface area contributed by atoms with E-state index in [-0.39, 0.29) is 18.2 Å². The summed E-state index contributed by atoms with van der Waals surface area (Å²) in [6.45, 7) is 3.25. The van der Waals surface area contributed by atoms with Gasteiger partial charge in [0.25, 0.3) is 5.91 Å². The highest BCUT2D eigenvalue weighted by molar-refractivity contribution is 6.00. The number of hydrogen-bond donors (Lipinski definition) is 1. The Kier molecular flexibility index (Phi) is 7.33. The SMILES string of the molecule is CCc1ccc(C(=O)[C@@H](C)OC(=O)CNC(=O)c2ccc(-c3ccccc3)cc2)cc1. The van der Waals surface area contributed by atoms with Crippen molar-refractivity contribution >= 4 is 17.7 Å². The second-order valence-corrected chi connectivity index (χ2v) is 7.17. The smallest absolute Gasteiger partial charge is 0.326 e. The van der Waals surface area contributed by atoms with Crippen LogP contribution in [-0.4, -0.2) is 30.3 Å². The van der Waals surface area contributed by atoms with Crippen molar-refractivity contribution in [2.75, 3.05) is 6.54 Å². The molecule has 1 atom stereocenters. The summed E-state index contributed by atoms with van der Waals surface area (Å²) in [5.74, 6) is -1.33. The number of benzene rings is 3. The van der Waals surface area contributed by atoms with Crippen LogP contribution < -0.4 is 5.32 Å². The summed E-state index contributed by atoms with van der Waals surface area (Å²) < 4.78 is 5.18. The molecule has 0 aliphatic rings. The Hall–Kier alpha value is -3.73. The molecule has 0 saturated heterocycles. The first-order chi connectivity index (χ1) is 15.0. The summed E-state index contributed by atoms with van der Waals surface area (Å²) in [7, 11) is 0. The zero-order valence-electron chi connectivity index (χ0n) is 17.6. The van der Waals surface area contributed by atoms with Crippen LogP contribution in [0.5, 0.6) is 0 Å². The molecule has 3 rings (SSSR count). The van der Waals surface area contributed by atoms with Crippen LogP contribution in [0.1, 0.15) is 40.1 Å². The van der Waals surface area contributed by atoms with Crippen molar-refractivity contribution in [2.45, 2.75) is 26.4 Å². The molecule has 0 radical (unpaired) electrons. The van der Waals surface area contributed by atoms with Crippen molar-refractivity contribution in [3.63, 3.8) is 0 Å². The Bertz CT molecular complexity index is 1040. The summed E-state index contributed by atoms with van der Waals surface area (Å²) in [5, 5.41) is 2.53. The van der Waals surface area contributed by atoms with Crippen LogP contribution in [-0.2, 0) is 16.0 Å². The molecule has 1 N–H and O–H groups in total. The number of aryl methyl sites for hydroxylation is 1. The minimum atomic E-state index is -0.929. The number of nitrogens with one attached hydrogen (secondary N) is 1. The highest BCUT2D eigenvalue weighted by Crippen LogP contribution is 2.19. The number of carbonyl (C=O) groups is 3. The standard InChI is InChI=1S/C26H25NO4/c1-3-19-9-11-22(12-10-19)25(29)18(2)31-24(28)17-27-26(30)23-15-13-21(14-16-23)20-7-5-4-6-8-20/h4-16,18H,3,17H2,1-2H3,(H,27,30)/t18-/m1/s1. The Morgan fingerprint density at radius 1 is 0.806 bits per heavy atom. The summed E-state index contributed by atoms with van der Waals surface area (Å²) in [6, 6.07) is 24.2. The van der Waals surface area contributed by atoms with E-state index in [4.69, 9.17) is 4.74 Å². The van der Waals surface area contributed by atoms with Gasteiger partial charge in [0.05, 0.1) is 0 Å². The lowest BCUT2D eigenvalue weighted by atomic mass is 10.0. The largest absolute Gasteiger partial charge is 0.453 e. The van der Waals surface area contributed by atoms with Gasteiger partial charge in [-0.3, -0.25) is 14.4 Å². The zero-order valence-corrected chi connectivity index (χ0v) is 17.6. The fraction of sp³-hybridized carbons (Fsp3) is 0.192. The van der Waals surface area contributed by atoms with E-state index in [1.54, 1.807) is 24.3 Å². The summed E-state index contributed by atoms with van der Waals surface area (Å²) in [6.07, 6.45) is -0.0460. The van der Waals surface area contributed by atoms with Crippen LogP contribution in [0, 0.1) is 0 Å². The Balaban J connectivity index is 1.50. The third-order valence-electron chi connectivity index (χ3n) is 4.97. The molecule has 0 aromatic heterocycles. The molecule has 31 heavy (non-hydrogen) atoms. The second-order valence-electron chi connectivity index (χ2n) is 7.17. The molecule has 0 unspecified atom stereocenters. The van der Waals surface area contributed by atoms with Crippen molar-refractivity contribution < 1.29 is 19.1 Å². The lowest BCUT2D eigenvalue weighted by molar-refractivity contribution is -0.145. The van der Waals surface area contributed by atoms with Crippen LogP contribution in [0.25, 0.3) is 11.1 Å². The van der Waals surface area contributed by atoms with E-state index < -0.39 is 12.1 Å². The maximum Gasteiger partial charge on any atom is 0.326 e. The van der Waals surface area contributed by atoms with Gasteiger partial charge in [0.2, 0.25) is 5.78 Å². The monoisotopic (exact) mass is 415 g/mol. The van der Waals surface area contributed by atoms with Crippen LogP contribution >= 0.6 is 0 Å². The van der Waals surface area contributed by atoms with Crippen molar-refractivity contribution in [1.82, 2.24) is 5.32 Å². The van der Waals surface area contributed by atoms with Crippen LogP contribution in [0.15, 0.2) is 78.9 Å². The first-order valence-electron chi connectivity index (χ1n) is 10.2. The Morgan fingerprint density at radius 2 is 1.39 bits per heavy atom. The van der Waals surface area contributed by atoms with E-state index >= 15 is 0 Å². The molecular weight excluding hydrogens is 390 g/mol. The number of esters is 1. The predicted octanol–water partition coefficient (Wildman–Crippen LogP) is 4.46. The molecule has 0 bridgehead atoms. The molecule has 0 saturated carbocycles. The minimum Gasteiger partial charge on any atom is -0.453 e. The van der Waals surface area contributed by atoms with Crippen LogP contribution in [0.3, 0.4) is 0 Å². The maximum absolute atomic E-state index is 12.4. The second kappa shape index (κ2) is 10.3. The van der Waals surface area contributed by atoms with Crippen LogP contribution in [0.2, 0.25) is 0 Å². The number of carbonyl (C=O) groups excluding carboxylic acids is 3. The third kappa shape index (κ3) is 5.89. The first-order valence-corrected chi connectivity index (χ1v) is 10.2. The molecule has 0 spiro atoms. The number of rotatable bonds is 8. The van der Waals surface area contributed by atoms with Gasteiger partial charge in [-0.05, 0) is 42.2 Å². The number of ether oxygens (including phenoxy) is 1. The summed E-state index contributed by atoms with van der Waals surface area (Å²) >= 11 is 0. The topological polar surface area (TPSA) is 72.5 Å². The minimum absolute atomic E-state index is 0.279. The van der Waals surface area contributed by atoms with E-state index in [2.05, 4.69) is 5.32 Å².